The Morgan fingerprint density at radius 3 is 2.95 bits per heavy atom. The number of Topliss-reactive ketones (excluding diaryl/α,β-unsaturated/α-hetero) is 1. The van der Waals surface area contributed by atoms with Crippen LogP contribution in [-0.4, -0.2) is 21.9 Å². The summed E-state index contributed by atoms with van der Waals surface area (Å²) in [5.74, 6) is 1.85. The predicted molar refractivity (Wildman–Crippen MR) is 73.3 cm³/mol. The first-order valence-corrected chi connectivity index (χ1v) is 6.47. The van der Waals surface area contributed by atoms with Gasteiger partial charge in [0.05, 0.1) is 16.9 Å². The number of nitrogens with zero attached hydrogens (tertiary/aromatic N) is 1. The minimum Gasteiger partial charge on any atom is -0.392 e. The highest BCUT2D eigenvalue weighted by Crippen LogP contribution is 2.32. The van der Waals surface area contributed by atoms with Crippen LogP contribution in [0.5, 0.6) is 0 Å². The number of nitro groups is 1. The molecule has 1 aliphatic rings. The molecule has 2 unspecified atom stereocenters. The SMILES string of the molecule is C#CCCCC(O)C1Cc2cc([N+](=O)[O-])ccc2C1=O. The van der Waals surface area contributed by atoms with Gasteiger partial charge in [0.25, 0.3) is 5.69 Å². The molecule has 0 heterocycles. The zero-order valence-corrected chi connectivity index (χ0v) is 10.9. The zero-order valence-electron chi connectivity index (χ0n) is 10.9. The first-order valence-electron chi connectivity index (χ1n) is 6.47. The summed E-state index contributed by atoms with van der Waals surface area (Å²) in [4.78, 5) is 22.4. The summed E-state index contributed by atoms with van der Waals surface area (Å²) >= 11 is 0. The average molecular weight is 273 g/mol. The number of benzene rings is 1. The fourth-order valence-corrected chi connectivity index (χ4v) is 2.56. The molecule has 0 saturated heterocycles. The number of hydrogen-bond donors (Lipinski definition) is 1. The molecular formula is C15H15NO4. The summed E-state index contributed by atoms with van der Waals surface area (Å²) < 4.78 is 0. The van der Waals surface area contributed by atoms with Gasteiger partial charge in [0, 0.05) is 24.1 Å². The lowest BCUT2D eigenvalue weighted by molar-refractivity contribution is -0.384. The highest BCUT2D eigenvalue weighted by Gasteiger charge is 2.35. The average Bonchev–Trinajstić information content (AvgIpc) is 2.76. The third kappa shape index (κ3) is 2.70. The lowest BCUT2D eigenvalue weighted by Crippen LogP contribution is -2.25. The van der Waals surface area contributed by atoms with E-state index < -0.39 is 16.9 Å². The normalized spacial score (nSPS) is 18.4. The Balaban J connectivity index is 2.12. The van der Waals surface area contributed by atoms with Crippen molar-refractivity contribution in [3.8, 4) is 12.3 Å². The van der Waals surface area contributed by atoms with Crippen LogP contribution in [0.25, 0.3) is 0 Å². The summed E-state index contributed by atoms with van der Waals surface area (Å²) in [5.41, 5.74) is 1.10. The fraction of sp³-hybridized carbons (Fsp3) is 0.400. The van der Waals surface area contributed by atoms with E-state index in [0.29, 0.717) is 36.8 Å². The molecule has 5 heteroatoms. The van der Waals surface area contributed by atoms with Crippen LogP contribution in [0.15, 0.2) is 18.2 Å². The topological polar surface area (TPSA) is 80.4 Å². The number of fused-ring (bicyclic) bond motifs is 1. The standard InChI is InChI=1S/C15H15NO4/c1-2-3-4-5-14(17)13-9-10-8-11(16(19)20)6-7-12(10)15(13)18/h1,6-8,13-14,17H,3-5,9H2. The van der Waals surface area contributed by atoms with Gasteiger partial charge in [-0.3, -0.25) is 14.9 Å². The number of aliphatic hydroxyl groups excluding tert-OH is 1. The van der Waals surface area contributed by atoms with E-state index in [2.05, 4.69) is 5.92 Å². The maximum atomic E-state index is 12.2. The van der Waals surface area contributed by atoms with Crippen LogP contribution in [-0.2, 0) is 6.42 Å². The van der Waals surface area contributed by atoms with Crippen LogP contribution in [0.3, 0.4) is 0 Å². The number of carbonyl (C=O) groups excluding carboxylic acids is 1. The van der Waals surface area contributed by atoms with E-state index >= 15 is 0 Å². The van der Waals surface area contributed by atoms with Crippen molar-refractivity contribution in [2.75, 3.05) is 0 Å². The summed E-state index contributed by atoms with van der Waals surface area (Å²) in [6, 6.07) is 4.22. The Morgan fingerprint density at radius 1 is 1.55 bits per heavy atom. The maximum Gasteiger partial charge on any atom is 0.269 e. The van der Waals surface area contributed by atoms with Crippen molar-refractivity contribution in [2.45, 2.75) is 31.8 Å². The second kappa shape index (κ2) is 5.85. The Bertz CT molecular complexity index is 588. The summed E-state index contributed by atoms with van der Waals surface area (Å²) in [7, 11) is 0. The minimum absolute atomic E-state index is 0.0287. The van der Waals surface area contributed by atoms with Crippen LogP contribution in [0.2, 0.25) is 0 Å². The maximum absolute atomic E-state index is 12.2. The van der Waals surface area contributed by atoms with Gasteiger partial charge in [-0.2, -0.15) is 0 Å². The van der Waals surface area contributed by atoms with Crippen molar-refractivity contribution in [3.63, 3.8) is 0 Å². The van der Waals surface area contributed by atoms with Gasteiger partial charge in [0.2, 0.25) is 0 Å². The predicted octanol–water partition coefficient (Wildman–Crippen LogP) is 2.11. The van der Waals surface area contributed by atoms with Gasteiger partial charge in [-0.25, -0.2) is 0 Å². The van der Waals surface area contributed by atoms with Crippen LogP contribution in [0.4, 0.5) is 5.69 Å². The highest BCUT2D eigenvalue weighted by molar-refractivity contribution is 6.02. The monoisotopic (exact) mass is 273 g/mol. The number of carbonyl (C=O) groups is 1. The number of unbranched alkanes of at least 4 members (excludes halogenated alkanes) is 1. The van der Waals surface area contributed by atoms with E-state index in [4.69, 9.17) is 6.42 Å². The Hall–Kier alpha value is -2.19. The van der Waals surface area contributed by atoms with Gasteiger partial charge < -0.3 is 5.11 Å². The molecule has 2 atom stereocenters. The molecule has 0 radical (unpaired) electrons. The molecule has 0 saturated carbocycles. The molecule has 1 aromatic carbocycles. The van der Waals surface area contributed by atoms with E-state index in [1.54, 1.807) is 0 Å². The number of non-ortho nitro benzene ring substituents is 1. The second-order valence-corrected chi connectivity index (χ2v) is 4.94. The van der Waals surface area contributed by atoms with Crippen molar-refractivity contribution >= 4 is 11.5 Å². The lowest BCUT2D eigenvalue weighted by atomic mass is 9.94. The Morgan fingerprint density at radius 2 is 2.30 bits per heavy atom. The molecule has 0 aromatic heterocycles. The van der Waals surface area contributed by atoms with Gasteiger partial charge in [-0.05, 0) is 30.9 Å². The number of rotatable bonds is 5. The first-order chi connectivity index (χ1) is 9.54. The Labute approximate surface area is 116 Å². The third-order valence-corrected chi connectivity index (χ3v) is 3.63. The molecule has 104 valence electrons. The third-order valence-electron chi connectivity index (χ3n) is 3.63. The fourth-order valence-electron chi connectivity index (χ4n) is 2.56. The molecule has 1 N–H and O–H groups in total. The van der Waals surface area contributed by atoms with Crippen molar-refractivity contribution in [1.82, 2.24) is 0 Å². The van der Waals surface area contributed by atoms with Gasteiger partial charge >= 0.3 is 0 Å². The smallest absolute Gasteiger partial charge is 0.269 e. The molecule has 0 amide bonds. The zero-order chi connectivity index (χ0) is 14.7. The summed E-state index contributed by atoms with van der Waals surface area (Å²) in [6.45, 7) is 0. The van der Waals surface area contributed by atoms with Gasteiger partial charge in [-0.1, -0.05) is 0 Å². The highest BCUT2D eigenvalue weighted by atomic mass is 16.6. The van der Waals surface area contributed by atoms with Crippen LogP contribution in [0, 0.1) is 28.4 Å². The van der Waals surface area contributed by atoms with Gasteiger partial charge in [0.15, 0.2) is 5.78 Å². The molecule has 0 fully saturated rings. The van der Waals surface area contributed by atoms with Crippen LogP contribution >= 0.6 is 0 Å². The molecule has 1 aliphatic carbocycles. The number of aliphatic hydroxyl groups is 1. The second-order valence-electron chi connectivity index (χ2n) is 4.94. The van der Waals surface area contributed by atoms with E-state index in [9.17, 15) is 20.0 Å². The van der Waals surface area contributed by atoms with Crippen LogP contribution < -0.4 is 0 Å². The summed E-state index contributed by atoms with van der Waals surface area (Å²) in [5, 5.41) is 20.8. The molecule has 1 aromatic rings. The minimum atomic E-state index is -0.748. The van der Waals surface area contributed by atoms with Crippen molar-refractivity contribution < 1.29 is 14.8 Å². The van der Waals surface area contributed by atoms with Crippen LogP contribution in [0.1, 0.15) is 35.2 Å². The van der Waals surface area contributed by atoms with Crippen molar-refractivity contribution in [1.29, 1.82) is 0 Å². The molecular weight excluding hydrogens is 258 g/mol. The number of hydrogen-bond acceptors (Lipinski definition) is 4. The molecule has 20 heavy (non-hydrogen) atoms. The molecule has 2 rings (SSSR count). The van der Waals surface area contributed by atoms with E-state index in [-0.39, 0.29) is 11.5 Å². The largest absolute Gasteiger partial charge is 0.392 e. The first kappa shape index (κ1) is 14.2. The van der Waals surface area contributed by atoms with E-state index in [0.717, 1.165) is 0 Å². The Kier molecular flexibility index (Phi) is 4.16. The lowest BCUT2D eigenvalue weighted by Gasteiger charge is -2.15. The van der Waals surface area contributed by atoms with Gasteiger partial charge in [-0.15, -0.1) is 12.3 Å². The number of terminal acetylenes is 1. The van der Waals surface area contributed by atoms with E-state index in [1.807, 2.05) is 0 Å². The van der Waals surface area contributed by atoms with Gasteiger partial charge in [0.1, 0.15) is 0 Å². The van der Waals surface area contributed by atoms with E-state index in [1.165, 1.54) is 18.2 Å². The molecule has 0 aliphatic heterocycles. The molecule has 0 spiro atoms. The molecule has 0 bridgehead atoms. The molecule has 5 nitrogen and oxygen atoms in total. The number of nitro benzene ring substituents is 1. The quantitative estimate of drug-likeness (QED) is 0.385. The van der Waals surface area contributed by atoms with Crippen molar-refractivity contribution in [3.05, 3.63) is 39.4 Å². The van der Waals surface area contributed by atoms with Crippen molar-refractivity contribution in [2.24, 2.45) is 5.92 Å². The number of ketones is 1. The summed E-state index contributed by atoms with van der Waals surface area (Å²) in [6.07, 6.45) is 6.45.